The molecule has 0 bridgehead atoms. The summed E-state index contributed by atoms with van der Waals surface area (Å²) < 4.78 is 6.90. The van der Waals surface area contributed by atoms with Crippen molar-refractivity contribution in [3.63, 3.8) is 0 Å². The molecule has 0 radical (unpaired) electrons. The molecule has 0 aliphatic carbocycles. The van der Waals surface area contributed by atoms with Crippen molar-refractivity contribution in [3.05, 3.63) is 46.6 Å². The molecule has 140 valence electrons. The van der Waals surface area contributed by atoms with Crippen LogP contribution in [-0.4, -0.2) is 51.9 Å². The number of H-pyrrole nitrogens is 1. The van der Waals surface area contributed by atoms with E-state index in [1.807, 2.05) is 42.2 Å². The van der Waals surface area contributed by atoms with Crippen LogP contribution in [0.5, 0.6) is 0 Å². The number of nitrogens with one attached hydrogen (secondary N) is 1. The van der Waals surface area contributed by atoms with Crippen LogP contribution in [0, 0.1) is 5.92 Å². The third-order valence-electron chi connectivity index (χ3n) is 5.08. The summed E-state index contributed by atoms with van der Waals surface area (Å²) in [5.74, 6) is 1.23. The van der Waals surface area contributed by atoms with Crippen molar-refractivity contribution in [2.24, 2.45) is 5.92 Å². The maximum atomic E-state index is 12.4. The van der Waals surface area contributed by atoms with Crippen LogP contribution in [0.2, 0.25) is 0 Å². The molecule has 7 nitrogen and oxygen atoms in total. The van der Waals surface area contributed by atoms with Crippen LogP contribution >= 0.6 is 0 Å². The molecule has 1 fully saturated rings. The van der Waals surface area contributed by atoms with Gasteiger partial charge in [0.15, 0.2) is 0 Å². The van der Waals surface area contributed by atoms with E-state index in [1.54, 1.807) is 11.7 Å². The number of methoxy groups -OCH3 is 1. The minimum atomic E-state index is -0.346. The average Bonchev–Trinajstić information content (AvgIpc) is 3.04. The fraction of sp³-hybridized carbons (Fsp3) is 0.526. The number of aromatic nitrogens is 3. The Morgan fingerprint density at radius 3 is 2.62 bits per heavy atom. The summed E-state index contributed by atoms with van der Waals surface area (Å²) in [5.41, 5.74) is 0.601. The van der Waals surface area contributed by atoms with Gasteiger partial charge in [0, 0.05) is 26.6 Å². The smallest absolute Gasteiger partial charge is 0.347 e. The van der Waals surface area contributed by atoms with Crippen LogP contribution in [-0.2, 0) is 16.0 Å². The van der Waals surface area contributed by atoms with Gasteiger partial charge in [-0.05, 0) is 37.3 Å². The maximum Gasteiger partial charge on any atom is 0.347 e. The molecular formula is C19H26N4O3. The number of rotatable bonds is 6. The summed E-state index contributed by atoms with van der Waals surface area (Å²) in [6.45, 7) is 3.41. The molecular weight excluding hydrogens is 332 g/mol. The molecule has 1 aliphatic rings. The number of carbonyl (C=O) groups is 1. The Kier molecular flexibility index (Phi) is 5.88. The molecule has 0 spiro atoms. The van der Waals surface area contributed by atoms with Gasteiger partial charge < -0.3 is 9.64 Å². The Morgan fingerprint density at radius 2 is 2.00 bits per heavy atom. The van der Waals surface area contributed by atoms with Crippen molar-refractivity contribution in [1.82, 2.24) is 19.7 Å². The summed E-state index contributed by atoms with van der Waals surface area (Å²) in [6, 6.07) is 9.53. The highest BCUT2D eigenvalue weighted by atomic mass is 16.5. The summed E-state index contributed by atoms with van der Waals surface area (Å²) >= 11 is 0. The lowest BCUT2D eigenvalue weighted by Gasteiger charge is -2.33. The van der Waals surface area contributed by atoms with Crippen LogP contribution in [0.3, 0.4) is 0 Å². The molecule has 0 saturated carbocycles. The van der Waals surface area contributed by atoms with Gasteiger partial charge in [0.05, 0.1) is 5.69 Å². The zero-order valence-electron chi connectivity index (χ0n) is 15.4. The number of hydrogen-bond donors (Lipinski definition) is 1. The largest absolute Gasteiger partial charge is 0.372 e. The van der Waals surface area contributed by atoms with E-state index in [0.29, 0.717) is 12.3 Å². The number of nitrogens with zero attached hydrogens (tertiary/aromatic N) is 3. The molecule has 1 aromatic carbocycles. The van der Waals surface area contributed by atoms with E-state index in [1.165, 1.54) is 0 Å². The van der Waals surface area contributed by atoms with Crippen LogP contribution in [0.15, 0.2) is 35.1 Å². The first-order valence-corrected chi connectivity index (χ1v) is 9.17. The van der Waals surface area contributed by atoms with Crippen molar-refractivity contribution in [2.75, 3.05) is 20.2 Å². The summed E-state index contributed by atoms with van der Waals surface area (Å²) in [4.78, 5) is 26.4. The van der Waals surface area contributed by atoms with E-state index in [4.69, 9.17) is 4.74 Å². The van der Waals surface area contributed by atoms with E-state index < -0.39 is 0 Å². The van der Waals surface area contributed by atoms with E-state index >= 15 is 0 Å². The van der Waals surface area contributed by atoms with E-state index in [9.17, 15) is 9.59 Å². The van der Waals surface area contributed by atoms with Crippen LogP contribution < -0.4 is 5.69 Å². The van der Waals surface area contributed by atoms with Gasteiger partial charge in [-0.15, -0.1) is 0 Å². The fourth-order valence-corrected chi connectivity index (χ4v) is 3.57. The first-order chi connectivity index (χ1) is 12.6. The molecule has 2 heterocycles. The Hall–Kier alpha value is -2.41. The first kappa shape index (κ1) is 18.4. The third kappa shape index (κ3) is 3.88. The number of benzene rings is 1. The molecule has 1 saturated heterocycles. The zero-order valence-corrected chi connectivity index (χ0v) is 15.4. The van der Waals surface area contributed by atoms with Gasteiger partial charge in [0.1, 0.15) is 11.9 Å². The van der Waals surface area contributed by atoms with Crippen molar-refractivity contribution in [2.45, 2.75) is 38.7 Å². The summed E-state index contributed by atoms with van der Waals surface area (Å²) in [6.07, 6.45) is 2.87. The first-order valence-electron chi connectivity index (χ1n) is 9.17. The minimum absolute atomic E-state index is 0.0782. The molecule has 1 N–H and O–H groups in total. The number of ether oxygens (including phenoxy) is 1. The van der Waals surface area contributed by atoms with Crippen LogP contribution in [0.1, 0.15) is 32.0 Å². The fourth-order valence-electron chi connectivity index (χ4n) is 3.57. The molecule has 1 aliphatic heterocycles. The van der Waals surface area contributed by atoms with Crippen molar-refractivity contribution in [3.8, 4) is 5.69 Å². The topological polar surface area (TPSA) is 80.2 Å². The van der Waals surface area contributed by atoms with Gasteiger partial charge in [-0.25, -0.2) is 14.5 Å². The van der Waals surface area contributed by atoms with Crippen molar-refractivity contribution >= 4 is 5.91 Å². The standard InChI is InChI=1S/C19H26N4O3/c1-3-16(26-2)18(24)22-11-9-14(10-12-22)13-17-20-21-19(25)23(17)15-7-5-4-6-8-15/h4-8,14,16H,3,9-13H2,1-2H3,(H,21,25). The predicted molar refractivity (Wildman–Crippen MR) is 98.3 cm³/mol. The molecule has 1 aromatic heterocycles. The van der Waals surface area contributed by atoms with E-state index in [0.717, 1.165) is 43.9 Å². The Labute approximate surface area is 153 Å². The lowest BCUT2D eigenvalue weighted by molar-refractivity contribution is -0.143. The minimum Gasteiger partial charge on any atom is -0.372 e. The Morgan fingerprint density at radius 1 is 1.31 bits per heavy atom. The highest BCUT2D eigenvalue weighted by Crippen LogP contribution is 2.22. The summed E-state index contributed by atoms with van der Waals surface area (Å²) in [7, 11) is 1.58. The normalized spacial score (nSPS) is 16.6. The van der Waals surface area contributed by atoms with Crippen LogP contribution in [0.4, 0.5) is 0 Å². The molecule has 1 unspecified atom stereocenters. The molecule has 1 amide bonds. The second-order valence-electron chi connectivity index (χ2n) is 6.72. The van der Waals surface area contributed by atoms with Gasteiger partial charge in [-0.2, -0.15) is 5.10 Å². The molecule has 26 heavy (non-hydrogen) atoms. The lowest BCUT2D eigenvalue weighted by atomic mass is 9.93. The third-order valence-corrected chi connectivity index (χ3v) is 5.08. The summed E-state index contributed by atoms with van der Waals surface area (Å²) in [5, 5.41) is 6.78. The maximum absolute atomic E-state index is 12.4. The Bertz CT molecular complexity index is 772. The monoisotopic (exact) mass is 358 g/mol. The second-order valence-corrected chi connectivity index (χ2v) is 6.72. The number of likely N-dealkylation sites (tertiary alicyclic amines) is 1. The zero-order chi connectivity index (χ0) is 18.5. The quantitative estimate of drug-likeness (QED) is 0.853. The Balaban J connectivity index is 1.64. The second kappa shape index (κ2) is 8.31. The van der Waals surface area contributed by atoms with Crippen molar-refractivity contribution < 1.29 is 9.53 Å². The molecule has 7 heteroatoms. The number of carbonyl (C=O) groups excluding carboxylic acids is 1. The SMILES string of the molecule is CCC(OC)C(=O)N1CCC(Cc2n[nH]c(=O)n2-c2ccccc2)CC1. The van der Waals surface area contributed by atoms with Gasteiger partial charge >= 0.3 is 5.69 Å². The van der Waals surface area contributed by atoms with Gasteiger partial charge in [-0.1, -0.05) is 25.1 Å². The highest BCUT2D eigenvalue weighted by molar-refractivity contribution is 5.80. The number of hydrogen-bond acceptors (Lipinski definition) is 4. The molecule has 2 aromatic rings. The van der Waals surface area contributed by atoms with E-state index in [-0.39, 0.29) is 17.7 Å². The number of aromatic amines is 1. The molecule has 3 rings (SSSR count). The van der Waals surface area contributed by atoms with Gasteiger partial charge in [0.2, 0.25) is 0 Å². The number of amides is 1. The van der Waals surface area contributed by atoms with Gasteiger partial charge in [0.25, 0.3) is 5.91 Å². The van der Waals surface area contributed by atoms with Crippen LogP contribution in [0.25, 0.3) is 5.69 Å². The van der Waals surface area contributed by atoms with Crippen molar-refractivity contribution in [1.29, 1.82) is 0 Å². The van der Waals surface area contributed by atoms with E-state index in [2.05, 4.69) is 10.2 Å². The molecule has 1 atom stereocenters. The highest BCUT2D eigenvalue weighted by Gasteiger charge is 2.28. The predicted octanol–water partition coefficient (Wildman–Crippen LogP) is 1.77. The number of piperidine rings is 1. The average molecular weight is 358 g/mol. The number of para-hydroxylation sites is 1. The van der Waals surface area contributed by atoms with Gasteiger partial charge in [-0.3, -0.25) is 4.79 Å². The lowest BCUT2D eigenvalue weighted by Crippen LogP contribution is -2.44.